The molecule has 3 aromatic carbocycles. The van der Waals surface area contributed by atoms with Gasteiger partial charge in [0.15, 0.2) is 5.82 Å². The normalized spacial score (nSPS) is 11.6. The summed E-state index contributed by atoms with van der Waals surface area (Å²) in [7, 11) is 0. The molecule has 0 heterocycles. The third-order valence-electron chi connectivity index (χ3n) is 5.80. The first-order valence-electron chi connectivity index (χ1n) is 12.0. The summed E-state index contributed by atoms with van der Waals surface area (Å²) in [5, 5.41) is 13.3. The zero-order valence-electron chi connectivity index (χ0n) is 22.3. The molecule has 14 heteroatoms. The molecule has 0 saturated heterocycles. The van der Waals surface area contributed by atoms with E-state index in [0.29, 0.717) is 6.07 Å². The van der Waals surface area contributed by atoms with E-state index >= 15 is 4.39 Å². The first-order valence-corrected chi connectivity index (χ1v) is 12.0. The predicted octanol–water partition coefficient (Wildman–Crippen LogP) is 8.27. The van der Waals surface area contributed by atoms with E-state index in [-0.39, 0.29) is 17.7 Å². The van der Waals surface area contributed by atoms with Gasteiger partial charge in [0, 0.05) is 16.8 Å². The van der Waals surface area contributed by atoms with Crippen LogP contribution in [0.5, 0.6) is 0 Å². The van der Waals surface area contributed by atoms with Gasteiger partial charge < -0.3 is 10.6 Å². The molecule has 0 fully saturated rings. The molecule has 224 valence electrons. The molecule has 0 radical (unpaired) electrons. The number of rotatable bonds is 5. The quantitative estimate of drug-likeness (QED) is 0.288. The maximum atomic E-state index is 15.3. The molecular formula is C28H22F9N3O2. The van der Waals surface area contributed by atoms with Gasteiger partial charge >= 0.3 is 18.0 Å². The van der Waals surface area contributed by atoms with Gasteiger partial charge in [-0.15, -0.1) is 0 Å². The van der Waals surface area contributed by atoms with Crippen LogP contribution in [0.3, 0.4) is 0 Å². The summed E-state index contributed by atoms with van der Waals surface area (Å²) in [5.41, 5.74) is -11.9. The number of nitrogens with one attached hydrogen (secondary N) is 2. The highest BCUT2D eigenvalue weighted by molar-refractivity contribution is 6.08. The average molecular weight is 603 g/mol. The predicted molar refractivity (Wildman–Crippen MR) is 136 cm³/mol. The molecular weight excluding hydrogens is 581 g/mol. The second kappa shape index (κ2) is 12.5. The standard InChI is InChI=1S/C26H16F9N3O2.C2H6/c1-12-8-15(24(29,25(30,31)32)26(33,34)35)9-13(2)20(12)37-23(40)16-10-18(27)17(11-36)21(19(16)28)38-22(39)14-6-4-3-5-7-14;1-2/h3-10H,1-2H3,(H,37,40)(H,38,39);1-2H3. The lowest BCUT2D eigenvalue weighted by molar-refractivity contribution is -0.348. The summed E-state index contributed by atoms with van der Waals surface area (Å²) in [6.07, 6.45) is -12.8. The van der Waals surface area contributed by atoms with Crippen LogP contribution < -0.4 is 10.6 Å². The number of amides is 2. The summed E-state index contributed by atoms with van der Waals surface area (Å²) in [4.78, 5) is 25.3. The topological polar surface area (TPSA) is 82.0 Å². The Labute approximate surface area is 234 Å². The van der Waals surface area contributed by atoms with Crippen molar-refractivity contribution in [3.63, 3.8) is 0 Å². The van der Waals surface area contributed by atoms with Crippen LogP contribution in [0.2, 0.25) is 0 Å². The summed E-state index contributed by atoms with van der Waals surface area (Å²) in [6, 6.07) is 9.25. The van der Waals surface area contributed by atoms with Crippen molar-refractivity contribution in [3.8, 4) is 6.07 Å². The molecule has 0 spiro atoms. The first kappa shape index (κ1) is 33.7. The highest BCUT2D eigenvalue weighted by Crippen LogP contribution is 2.53. The third kappa shape index (κ3) is 6.35. The molecule has 0 aliphatic carbocycles. The lowest BCUT2D eigenvalue weighted by Gasteiger charge is -2.31. The van der Waals surface area contributed by atoms with E-state index in [1.54, 1.807) is 6.07 Å². The number of carbonyl (C=O) groups is 2. The van der Waals surface area contributed by atoms with E-state index < -0.39 is 80.7 Å². The molecule has 0 atom stereocenters. The number of carbonyl (C=O) groups excluding carboxylic acids is 2. The van der Waals surface area contributed by atoms with Crippen molar-refractivity contribution in [1.82, 2.24) is 0 Å². The fraction of sp³-hybridized carbons (Fsp3) is 0.250. The van der Waals surface area contributed by atoms with Crippen molar-refractivity contribution in [2.24, 2.45) is 0 Å². The van der Waals surface area contributed by atoms with Gasteiger partial charge in [-0.05, 0) is 43.2 Å². The fourth-order valence-electron chi connectivity index (χ4n) is 3.82. The molecule has 5 nitrogen and oxygen atoms in total. The van der Waals surface area contributed by atoms with Gasteiger partial charge in [-0.25, -0.2) is 13.2 Å². The summed E-state index contributed by atoms with van der Waals surface area (Å²) in [6.45, 7) is 5.92. The van der Waals surface area contributed by atoms with E-state index in [4.69, 9.17) is 0 Å². The number of halogens is 9. The Morgan fingerprint density at radius 1 is 0.762 bits per heavy atom. The van der Waals surface area contributed by atoms with Crippen LogP contribution in [0, 0.1) is 36.8 Å². The molecule has 0 aliphatic heterocycles. The van der Waals surface area contributed by atoms with Crippen LogP contribution in [0.15, 0.2) is 48.5 Å². The van der Waals surface area contributed by atoms with E-state index in [1.807, 2.05) is 24.5 Å². The Morgan fingerprint density at radius 2 is 1.24 bits per heavy atom. The smallest absolute Gasteiger partial charge is 0.321 e. The van der Waals surface area contributed by atoms with Crippen molar-refractivity contribution in [1.29, 1.82) is 5.26 Å². The van der Waals surface area contributed by atoms with Gasteiger partial charge in [-0.3, -0.25) is 9.59 Å². The Bertz CT molecular complexity index is 1490. The molecule has 3 rings (SSSR count). The van der Waals surface area contributed by atoms with Gasteiger partial charge in [0.25, 0.3) is 11.8 Å². The molecule has 0 unspecified atom stereocenters. The van der Waals surface area contributed by atoms with Crippen molar-refractivity contribution in [2.75, 3.05) is 10.6 Å². The van der Waals surface area contributed by atoms with E-state index in [9.17, 15) is 50.0 Å². The number of hydrogen-bond acceptors (Lipinski definition) is 3. The molecule has 0 saturated carbocycles. The van der Waals surface area contributed by atoms with Crippen LogP contribution in [0.1, 0.15) is 56.8 Å². The Balaban J connectivity index is 0.00000301. The summed E-state index contributed by atoms with van der Waals surface area (Å²) in [5.74, 6) is -5.37. The maximum absolute atomic E-state index is 15.3. The molecule has 2 amide bonds. The van der Waals surface area contributed by atoms with E-state index in [1.165, 1.54) is 30.3 Å². The number of nitrogens with zero attached hydrogens (tertiary/aromatic N) is 1. The monoisotopic (exact) mass is 603 g/mol. The Kier molecular flexibility index (Phi) is 10.1. The zero-order valence-corrected chi connectivity index (χ0v) is 22.3. The number of aryl methyl sites for hydroxylation is 2. The molecule has 0 aromatic heterocycles. The largest absolute Gasteiger partial charge is 0.435 e. The van der Waals surface area contributed by atoms with Crippen LogP contribution >= 0.6 is 0 Å². The Morgan fingerprint density at radius 3 is 1.69 bits per heavy atom. The lowest BCUT2D eigenvalue weighted by atomic mass is 9.90. The molecule has 42 heavy (non-hydrogen) atoms. The van der Waals surface area contributed by atoms with Gasteiger partial charge in [-0.2, -0.15) is 31.6 Å². The fourth-order valence-corrected chi connectivity index (χ4v) is 3.82. The van der Waals surface area contributed by atoms with Crippen molar-refractivity contribution < 1.29 is 49.1 Å². The van der Waals surface area contributed by atoms with Gasteiger partial charge in [0.1, 0.15) is 17.4 Å². The minimum atomic E-state index is -6.38. The van der Waals surface area contributed by atoms with Crippen LogP contribution in [0.4, 0.5) is 50.9 Å². The van der Waals surface area contributed by atoms with Gasteiger partial charge in [-0.1, -0.05) is 44.2 Å². The van der Waals surface area contributed by atoms with E-state index in [2.05, 4.69) is 0 Å². The highest BCUT2D eigenvalue weighted by atomic mass is 19.4. The average Bonchev–Trinajstić information content (AvgIpc) is 2.92. The van der Waals surface area contributed by atoms with Crippen molar-refractivity contribution in [3.05, 3.63) is 93.5 Å². The second-order valence-corrected chi connectivity index (χ2v) is 8.50. The number of alkyl halides is 7. The Hall–Kier alpha value is -4.54. The molecule has 2 N–H and O–H groups in total. The van der Waals surface area contributed by atoms with Crippen LogP contribution in [0.25, 0.3) is 0 Å². The molecule has 0 bridgehead atoms. The molecule has 3 aromatic rings. The lowest BCUT2D eigenvalue weighted by Crippen LogP contribution is -2.50. The van der Waals surface area contributed by atoms with E-state index in [0.717, 1.165) is 13.8 Å². The van der Waals surface area contributed by atoms with Gasteiger partial charge in [0.2, 0.25) is 0 Å². The van der Waals surface area contributed by atoms with Crippen LogP contribution in [-0.4, -0.2) is 24.2 Å². The highest BCUT2D eigenvalue weighted by Gasteiger charge is 2.73. The summed E-state index contributed by atoms with van der Waals surface area (Å²) < 4.78 is 123. The van der Waals surface area contributed by atoms with Crippen molar-refractivity contribution in [2.45, 2.75) is 45.7 Å². The number of anilines is 2. The number of benzene rings is 3. The molecule has 0 aliphatic rings. The second-order valence-electron chi connectivity index (χ2n) is 8.50. The van der Waals surface area contributed by atoms with Crippen LogP contribution in [-0.2, 0) is 5.67 Å². The van der Waals surface area contributed by atoms with Gasteiger partial charge in [0.05, 0.1) is 11.3 Å². The van der Waals surface area contributed by atoms with Crippen molar-refractivity contribution >= 4 is 23.2 Å². The minimum absolute atomic E-state index is 0.00551. The maximum Gasteiger partial charge on any atom is 0.435 e. The minimum Gasteiger partial charge on any atom is -0.321 e. The third-order valence-corrected chi connectivity index (χ3v) is 5.80. The SMILES string of the molecule is CC.Cc1cc(C(F)(C(F)(F)F)C(F)(F)F)cc(C)c1NC(=O)c1cc(F)c(C#N)c(NC(=O)c2ccccc2)c1F. The zero-order chi connectivity index (χ0) is 32.2. The first-order chi connectivity index (χ1) is 19.4. The summed E-state index contributed by atoms with van der Waals surface area (Å²) >= 11 is 0. The number of nitriles is 1. The number of hydrogen-bond donors (Lipinski definition) is 2.